The Bertz CT molecular complexity index is 875. The maximum atomic E-state index is 12.4. The number of thiophene rings is 1. The van der Waals surface area contributed by atoms with Crippen LogP contribution in [0.5, 0.6) is 0 Å². The number of benzene rings is 1. The molecule has 1 aromatic carbocycles. The molecule has 1 aliphatic rings. The van der Waals surface area contributed by atoms with Crippen molar-refractivity contribution in [1.82, 2.24) is 0 Å². The molecule has 2 aromatic rings. The summed E-state index contributed by atoms with van der Waals surface area (Å²) in [6, 6.07) is 9.75. The number of nitrogens with one attached hydrogen (secondary N) is 1. The number of rotatable bonds is 4. The van der Waals surface area contributed by atoms with E-state index >= 15 is 0 Å². The Morgan fingerprint density at radius 3 is 2.70 bits per heavy atom. The first kappa shape index (κ1) is 20.3. The second-order valence-corrected chi connectivity index (χ2v) is 10.5. The Morgan fingerprint density at radius 2 is 2.07 bits per heavy atom. The van der Waals surface area contributed by atoms with Crippen molar-refractivity contribution in [2.75, 3.05) is 11.1 Å². The highest BCUT2D eigenvalue weighted by atomic mass is 35.5. The Balaban J connectivity index is 1.68. The van der Waals surface area contributed by atoms with Crippen LogP contribution in [0.2, 0.25) is 5.02 Å². The summed E-state index contributed by atoms with van der Waals surface area (Å²) in [6.07, 6.45) is 3.02. The zero-order valence-electron chi connectivity index (χ0n) is 15.8. The molecular weight excluding hydrogens is 396 g/mol. The maximum Gasteiger partial charge on any atom is 0.235 e. The molecule has 1 amide bonds. The molecule has 0 saturated carbocycles. The smallest absolute Gasteiger partial charge is 0.235 e. The van der Waals surface area contributed by atoms with Crippen molar-refractivity contribution < 1.29 is 4.79 Å². The molecule has 1 heterocycles. The minimum atomic E-state index is -0.0857. The summed E-state index contributed by atoms with van der Waals surface area (Å²) < 4.78 is 0. The molecule has 0 fully saturated rings. The van der Waals surface area contributed by atoms with Gasteiger partial charge < -0.3 is 5.32 Å². The van der Waals surface area contributed by atoms with Crippen molar-refractivity contribution in [1.29, 1.82) is 5.26 Å². The van der Waals surface area contributed by atoms with Crippen LogP contribution in [-0.2, 0) is 17.6 Å². The second-order valence-electron chi connectivity index (χ2n) is 7.92. The molecule has 1 atom stereocenters. The molecule has 6 heteroatoms. The van der Waals surface area contributed by atoms with Crippen LogP contribution in [0.25, 0.3) is 0 Å². The number of nitrogens with zero attached hydrogens (tertiary/aromatic N) is 1. The topological polar surface area (TPSA) is 52.9 Å². The Labute approximate surface area is 174 Å². The molecule has 142 valence electrons. The third-order valence-corrected chi connectivity index (χ3v) is 7.47. The van der Waals surface area contributed by atoms with Crippen LogP contribution in [0.1, 0.15) is 43.2 Å². The van der Waals surface area contributed by atoms with Crippen LogP contribution in [0.15, 0.2) is 29.2 Å². The zero-order chi connectivity index (χ0) is 19.6. The number of carbonyl (C=O) groups is 1. The number of carbonyl (C=O) groups excluding carboxylic acids is 1. The van der Waals surface area contributed by atoms with Crippen molar-refractivity contribution in [2.45, 2.75) is 44.9 Å². The largest absolute Gasteiger partial charge is 0.316 e. The van der Waals surface area contributed by atoms with E-state index in [9.17, 15) is 10.1 Å². The normalized spacial score (nSPS) is 16.5. The molecule has 3 nitrogen and oxygen atoms in total. The predicted molar refractivity (Wildman–Crippen MR) is 115 cm³/mol. The van der Waals surface area contributed by atoms with Gasteiger partial charge >= 0.3 is 0 Å². The Hall–Kier alpha value is -1.48. The molecule has 0 unspecified atom stereocenters. The number of hydrogen-bond acceptors (Lipinski definition) is 4. The first-order chi connectivity index (χ1) is 12.8. The van der Waals surface area contributed by atoms with Gasteiger partial charge in [-0.1, -0.05) is 32.4 Å². The molecule has 3 rings (SSSR count). The van der Waals surface area contributed by atoms with Gasteiger partial charge in [-0.15, -0.1) is 23.1 Å². The summed E-state index contributed by atoms with van der Waals surface area (Å²) >= 11 is 8.92. The lowest BCUT2D eigenvalue weighted by Gasteiger charge is -2.33. The SMILES string of the molecule is CC(C)(C)[C@H]1CCc2c(sc(NC(=O)CSc3ccc(Cl)cc3)c2C#N)C1. The highest BCUT2D eigenvalue weighted by Gasteiger charge is 2.32. The van der Waals surface area contributed by atoms with Crippen molar-refractivity contribution in [3.8, 4) is 6.07 Å². The van der Waals surface area contributed by atoms with E-state index in [-0.39, 0.29) is 11.3 Å². The van der Waals surface area contributed by atoms with E-state index < -0.39 is 0 Å². The number of anilines is 1. The first-order valence-corrected chi connectivity index (χ1v) is 11.2. The quantitative estimate of drug-likeness (QED) is 0.605. The van der Waals surface area contributed by atoms with Gasteiger partial charge in [0.1, 0.15) is 11.1 Å². The molecular formula is C21H23ClN2OS2. The predicted octanol–water partition coefficient (Wildman–Crippen LogP) is 6.15. The number of amides is 1. The first-order valence-electron chi connectivity index (χ1n) is 9.00. The van der Waals surface area contributed by atoms with Gasteiger partial charge in [-0.25, -0.2) is 0 Å². The summed E-state index contributed by atoms with van der Waals surface area (Å²) in [4.78, 5) is 14.7. The van der Waals surface area contributed by atoms with Crippen molar-refractivity contribution in [3.63, 3.8) is 0 Å². The lowest BCUT2D eigenvalue weighted by molar-refractivity contribution is -0.113. The van der Waals surface area contributed by atoms with Gasteiger partial charge in [-0.05, 0) is 60.4 Å². The number of fused-ring (bicyclic) bond motifs is 1. The molecule has 0 spiro atoms. The molecule has 27 heavy (non-hydrogen) atoms. The van der Waals surface area contributed by atoms with E-state index in [4.69, 9.17) is 11.6 Å². The summed E-state index contributed by atoms with van der Waals surface area (Å²) in [5.74, 6) is 0.830. The van der Waals surface area contributed by atoms with Crippen molar-refractivity contribution >= 4 is 45.6 Å². The Morgan fingerprint density at radius 1 is 1.37 bits per heavy atom. The fraction of sp³-hybridized carbons (Fsp3) is 0.429. The van der Waals surface area contributed by atoms with E-state index in [0.29, 0.717) is 27.3 Å². The van der Waals surface area contributed by atoms with Crippen LogP contribution in [0.3, 0.4) is 0 Å². The molecule has 0 aliphatic heterocycles. The van der Waals surface area contributed by atoms with Crippen LogP contribution >= 0.6 is 34.7 Å². The average molecular weight is 419 g/mol. The number of hydrogen-bond donors (Lipinski definition) is 1. The van der Waals surface area contributed by atoms with Gasteiger partial charge in [0.05, 0.1) is 11.3 Å². The van der Waals surface area contributed by atoms with Crippen molar-refractivity contribution in [2.24, 2.45) is 11.3 Å². The van der Waals surface area contributed by atoms with E-state index in [1.165, 1.54) is 16.6 Å². The van der Waals surface area contributed by atoms with E-state index in [2.05, 4.69) is 32.2 Å². The third-order valence-electron chi connectivity index (χ3n) is 5.04. The highest BCUT2D eigenvalue weighted by molar-refractivity contribution is 8.00. The summed E-state index contributed by atoms with van der Waals surface area (Å²) in [7, 11) is 0. The van der Waals surface area contributed by atoms with Gasteiger partial charge in [0.2, 0.25) is 5.91 Å². The van der Waals surface area contributed by atoms with Gasteiger partial charge in [0, 0.05) is 14.8 Å². The van der Waals surface area contributed by atoms with Crippen LogP contribution in [-0.4, -0.2) is 11.7 Å². The maximum absolute atomic E-state index is 12.4. The van der Waals surface area contributed by atoms with Crippen LogP contribution in [0, 0.1) is 22.7 Å². The molecule has 0 bridgehead atoms. The monoisotopic (exact) mass is 418 g/mol. The summed E-state index contributed by atoms with van der Waals surface area (Å²) in [5, 5.41) is 14.0. The molecule has 1 aliphatic carbocycles. The lowest BCUT2D eigenvalue weighted by Crippen LogP contribution is -2.26. The van der Waals surface area contributed by atoms with Gasteiger partial charge in [0.15, 0.2) is 0 Å². The summed E-state index contributed by atoms with van der Waals surface area (Å²) in [6.45, 7) is 6.83. The minimum Gasteiger partial charge on any atom is -0.316 e. The zero-order valence-corrected chi connectivity index (χ0v) is 18.2. The lowest BCUT2D eigenvalue weighted by atomic mass is 9.72. The molecule has 1 aromatic heterocycles. The molecule has 0 radical (unpaired) electrons. The fourth-order valence-electron chi connectivity index (χ4n) is 3.37. The Kier molecular flexibility index (Phi) is 6.20. The summed E-state index contributed by atoms with van der Waals surface area (Å²) in [5.41, 5.74) is 2.06. The second kappa shape index (κ2) is 8.26. The van der Waals surface area contributed by atoms with E-state index in [0.717, 1.165) is 29.7 Å². The standard InChI is InChI=1S/C21H23ClN2OS2/c1-21(2,3)13-4-9-16-17(11-23)20(27-18(16)10-13)24-19(25)12-26-15-7-5-14(22)6-8-15/h5-8,13H,4,9-10,12H2,1-3H3,(H,24,25)/t13-/m0/s1. The number of nitriles is 1. The average Bonchev–Trinajstić information content (AvgIpc) is 2.96. The van der Waals surface area contributed by atoms with Crippen LogP contribution < -0.4 is 5.32 Å². The van der Waals surface area contributed by atoms with Crippen LogP contribution in [0.4, 0.5) is 5.00 Å². The van der Waals surface area contributed by atoms with E-state index in [1.807, 2.05) is 24.3 Å². The third kappa shape index (κ3) is 4.87. The van der Waals surface area contributed by atoms with Gasteiger partial charge in [-0.3, -0.25) is 4.79 Å². The fourth-order valence-corrected chi connectivity index (χ4v) is 5.49. The number of halogens is 1. The van der Waals surface area contributed by atoms with E-state index in [1.54, 1.807) is 11.3 Å². The molecule has 1 N–H and O–H groups in total. The van der Waals surface area contributed by atoms with Crippen molar-refractivity contribution in [3.05, 3.63) is 45.3 Å². The van der Waals surface area contributed by atoms with Gasteiger partial charge in [0.25, 0.3) is 0 Å². The highest BCUT2D eigenvalue weighted by Crippen LogP contribution is 2.44. The molecule has 0 saturated heterocycles. The van der Waals surface area contributed by atoms with Gasteiger partial charge in [-0.2, -0.15) is 5.26 Å². The number of thioether (sulfide) groups is 1. The minimum absolute atomic E-state index is 0.0857.